The summed E-state index contributed by atoms with van der Waals surface area (Å²) in [6.07, 6.45) is 1.68. The predicted molar refractivity (Wildman–Crippen MR) is 78.6 cm³/mol. The maximum atomic E-state index is 6.20. The van der Waals surface area contributed by atoms with E-state index in [9.17, 15) is 0 Å². The number of benzene rings is 1. The molecule has 0 unspecified atom stereocenters. The molecule has 0 aliphatic carbocycles. The standard InChI is InChI=1S/C12H8Cl4N2/c1-6(13)8-3-7(14)4-9(15)11(8)12-10(16)5-18(2)17-12/h3-5H,1H2,2H3. The van der Waals surface area contributed by atoms with Crippen molar-refractivity contribution >= 4 is 51.4 Å². The zero-order chi connectivity index (χ0) is 13.4. The van der Waals surface area contributed by atoms with Gasteiger partial charge in [0.25, 0.3) is 0 Å². The van der Waals surface area contributed by atoms with Crippen molar-refractivity contribution in [2.75, 3.05) is 0 Å². The Hall–Kier alpha value is -0.670. The molecule has 1 aromatic carbocycles. The molecule has 2 aromatic rings. The van der Waals surface area contributed by atoms with Gasteiger partial charge in [0.15, 0.2) is 0 Å². The molecule has 2 nitrogen and oxygen atoms in total. The number of aromatic nitrogens is 2. The third-order valence-electron chi connectivity index (χ3n) is 2.37. The molecule has 0 N–H and O–H groups in total. The minimum Gasteiger partial charge on any atom is -0.274 e. The van der Waals surface area contributed by atoms with E-state index in [4.69, 9.17) is 46.4 Å². The minimum absolute atomic E-state index is 0.330. The van der Waals surface area contributed by atoms with Crippen molar-refractivity contribution in [2.45, 2.75) is 0 Å². The molecule has 0 atom stereocenters. The lowest BCUT2D eigenvalue weighted by Crippen LogP contribution is -1.92. The fourth-order valence-electron chi connectivity index (χ4n) is 1.66. The normalized spacial score (nSPS) is 10.7. The molecule has 1 heterocycles. The SMILES string of the molecule is C=C(Cl)c1cc(Cl)cc(Cl)c1-c1nn(C)cc1Cl. The van der Waals surface area contributed by atoms with E-state index in [-0.39, 0.29) is 0 Å². The van der Waals surface area contributed by atoms with Crippen LogP contribution in [0.25, 0.3) is 16.3 Å². The molecule has 0 amide bonds. The lowest BCUT2D eigenvalue weighted by Gasteiger charge is -2.09. The van der Waals surface area contributed by atoms with Crippen LogP contribution in [0.4, 0.5) is 0 Å². The van der Waals surface area contributed by atoms with Gasteiger partial charge >= 0.3 is 0 Å². The molecule has 0 bridgehead atoms. The van der Waals surface area contributed by atoms with Gasteiger partial charge in [-0.1, -0.05) is 53.0 Å². The Balaban J connectivity index is 2.77. The Bertz CT molecular complexity index is 631. The highest BCUT2D eigenvalue weighted by Crippen LogP contribution is 2.40. The van der Waals surface area contributed by atoms with Crippen LogP contribution in [-0.4, -0.2) is 9.78 Å². The number of hydrogen-bond acceptors (Lipinski definition) is 1. The first-order chi connectivity index (χ1) is 8.40. The zero-order valence-corrected chi connectivity index (χ0v) is 12.4. The van der Waals surface area contributed by atoms with Crippen molar-refractivity contribution in [1.82, 2.24) is 9.78 Å². The monoisotopic (exact) mass is 320 g/mol. The molecule has 0 saturated carbocycles. The number of hydrogen-bond donors (Lipinski definition) is 0. The second-order valence-corrected chi connectivity index (χ2v) is 5.42. The highest BCUT2D eigenvalue weighted by Gasteiger charge is 2.18. The quantitative estimate of drug-likeness (QED) is 0.738. The van der Waals surface area contributed by atoms with Crippen molar-refractivity contribution in [3.8, 4) is 11.3 Å². The van der Waals surface area contributed by atoms with E-state index in [2.05, 4.69) is 11.7 Å². The summed E-state index contributed by atoms with van der Waals surface area (Å²) in [5, 5.41) is 6.00. The van der Waals surface area contributed by atoms with Crippen LogP contribution < -0.4 is 0 Å². The van der Waals surface area contributed by atoms with Crippen LogP contribution in [0.2, 0.25) is 15.1 Å². The summed E-state index contributed by atoms with van der Waals surface area (Å²) in [6.45, 7) is 3.70. The van der Waals surface area contributed by atoms with Gasteiger partial charge in [0.05, 0.1) is 10.0 Å². The maximum Gasteiger partial charge on any atom is 0.113 e. The highest BCUT2D eigenvalue weighted by molar-refractivity contribution is 6.50. The van der Waals surface area contributed by atoms with Gasteiger partial charge in [-0.2, -0.15) is 5.10 Å². The van der Waals surface area contributed by atoms with E-state index < -0.39 is 0 Å². The van der Waals surface area contributed by atoms with Gasteiger partial charge in [-0.15, -0.1) is 0 Å². The average Bonchev–Trinajstić information content (AvgIpc) is 2.56. The Labute approximate surface area is 125 Å². The van der Waals surface area contributed by atoms with Gasteiger partial charge in [0, 0.05) is 34.4 Å². The first-order valence-corrected chi connectivity index (χ1v) is 6.44. The van der Waals surface area contributed by atoms with E-state index in [1.165, 1.54) is 0 Å². The van der Waals surface area contributed by atoms with Crippen molar-refractivity contribution in [3.63, 3.8) is 0 Å². The summed E-state index contributed by atoms with van der Waals surface area (Å²) in [7, 11) is 1.77. The molecule has 0 fully saturated rings. The summed E-state index contributed by atoms with van der Waals surface area (Å²) in [5.74, 6) is 0. The third kappa shape index (κ3) is 2.52. The number of halogens is 4. The predicted octanol–water partition coefficient (Wildman–Crippen LogP) is 5.26. The summed E-state index contributed by atoms with van der Waals surface area (Å²) >= 11 is 24.3. The van der Waals surface area contributed by atoms with Gasteiger partial charge in [-0.25, -0.2) is 0 Å². The molecule has 6 heteroatoms. The second-order valence-electron chi connectivity index (χ2n) is 3.71. The van der Waals surface area contributed by atoms with Crippen LogP contribution in [0.1, 0.15) is 5.56 Å². The van der Waals surface area contributed by atoms with Gasteiger partial charge < -0.3 is 0 Å². The number of aryl methyl sites for hydroxylation is 1. The number of nitrogens with zero attached hydrogens (tertiary/aromatic N) is 2. The lowest BCUT2D eigenvalue weighted by molar-refractivity contribution is 0.771. The minimum atomic E-state index is 0.330. The van der Waals surface area contributed by atoms with Crippen LogP contribution in [0.5, 0.6) is 0 Å². The van der Waals surface area contributed by atoms with Crippen LogP contribution >= 0.6 is 46.4 Å². The lowest BCUT2D eigenvalue weighted by atomic mass is 10.0. The van der Waals surface area contributed by atoms with Gasteiger partial charge in [0.1, 0.15) is 5.69 Å². The summed E-state index contributed by atoms with van der Waals surface area (Å²) in [5.41, 5.74) is 1.80. The fourth-order valence-corrected chi connectivity index (χ4v) is 2.66. The van der Waals surface area contributed by atoms with E-state index in [1.807, 2.05) is 0 Å². The Morgan fingerprint density at radius 1 is 1.22 bits per heavy atom. The largest absolute Gasteiger partial charge is 0.274 e. The van der Waals surface area contributed by atoms with Crippen LogP contribution in [-0.2, 0) is 7.05 Å². The van der Waals surface area contributed by atoms with Crippen LogP contribution in [0, 0.1) is 0 Å². The molecule has 2 rings (SSSR count). The smallest absolute Gasteiger partial charge is 0.113 e. The Kier molecular flexibility index (Phi) is 3.93. The summed E-state index contributed by atoms with van der Waals surface area (Å²) in [6, 6.07) is 3.30. The van der Waals surface area contributed by atoms with Gasteiger partial charge in [-0.3, -0.25) is 4.68 Å². The van der Waals surface area contributed by atoms with E-state index in [1.54, 1.807) is 30.1 Å². The highest BCUT2D eigenvalue weighted by atomic mass is 35.5. The summed E-state index contributed by atoms with van der Waals surface area (Å²) in [4.78, 5) is 0. The third-order valence-corrected chi connectivity index (χ3v) is 3.36. The van der Waals surface area contributed by atoms with Crippen LogP contribution in [0.15, 0.2) is 24.9 Å². The molecule has 1 aromatic heterocycles. The van der Waals surface area contributed by atoms with Crippen molar-refractivity contribution < 1.29 is 0 Å². The van der Waals surface area contributed by atoms with E-state index in [0.717, 1.165) is 0 Å². The average molecular weight is 322 g/mol. The van der Waals surface area contributed by atoms with Gasteiger partial charge in [0.2, 0.25) is 0 Å². The molecular formula is C12H8Cl4N2. The molecule has 0 aliphatic heterocycles. The van der Waals surface area contributed by atoms with Crippen LogP contribution in [0.3, 0.4) is 0 Å². The Morgan fingerprint density at radius 3 is 2.39 bits per heavy atom. The molecule has 0 saturated heterocycles. The topological polar surface area (TPSA) is 17.8 Å². The molecule has 18 heavy (non-hydrogen) atoms. The van der Waals surface area contributed by atoms with Crippen molar-refractivity contribution in [3.05, 3.63) is 45.5 Å². The number of rotatable bonds is 2. The summed E-state index contributed by atoms with van der Waals surface area (Å²) < 4.78 is 1.60. The molecule has 0 aliphatic rings. The Morgan fingerprint density at radius 2 is 1.89 bits per heavy atom. The fraction of sp³-hybridized carbons (Fsp3) is 0.0833. The van der Waals surface area contributed by atoms with Gasteiger partial charge in [-0.05, 0) is 12.1 Å². The molecular weight excluding hydrogens is 314 g/mol. The van der Waals surface area contributed by atoms with E-state index in [0.29, 0.717) is 36.9 Å². The molecule has 94 valence electrons. The maximum absolute atomic E-state index is 6.20. The first kappa shape index (κ1) is 13.8. The molecule has 0 spiro atoms. The molecule has 0 radical (unpaired) electrons. The van der Waals surface area contributed by atoms with Crippen molar-refractivity contribution in [1.29, 1.82) is 0 Å². The van der Waals surface area contributed by atoms with Crippen molar-refractivity contribution in [2.24, 2.45) is 7.05 Å². The van der Waals surface area contributed by atoms with E-state index >= 15 is 0 Å². The zero-order valence-electron chi connectivity index (χ0n) is 9.35. The second kappa shape index (κ2) is 5.14. The first-order valence-electron chi connectivity index (χ1n) is 4.93.